The Morgan fingerprint density at radius 3 is 2.94 bits per heavy atom. The fraction of sp³-hybridized carbons (Fsp3) is 0.111. The first-order chi connectivity index (χ1) is 8.06. The highest BCUT2D eigenvalue weighted by Gasteiger charge is 2.15. The quantitative estimate of drug-likeness (QED) is 0.742. The maximum Gasteiger partial charge on any atom is 0.338 e. The van der Waals surface area contributed by atoms with Crippen molar-refractivity contribution in [1.29, 1.82) is 0 Å². The molecule has 0 unspecified atom stereocenters. The summed E-state index contributed by atoms with van der Waals surface area (Å²) in [6.07, 6.45) is 1.40. The molecule has 2 aromatic rings. The van der Waals surface area contributed by atoms with Crippen LogP contribution in [0.4, 0.5) is 5.69 Å². The lowest BCUT2D eigenvalue weighted by Gasteiger charge is -2.02. The Labute approximate surface area is 100 Å². The summed E-state index contributed by atoms with van der Waals surface area (Å²) in [7, 11) is 0. The number of aromatic carboxylic acids is 1. The number of nitrogens with one attached hydrogen (secondary N) is 1. The molecule has 0 bridgehead atoms. The molecule has 0 aliphatic carbocycles. The number of pyridine rings is 1. The molecule has 7 nitrogen and oxygen atoms in total. The molecular weight excluding hydrogens is 242 g/mol. The van der Waals surface area contributed by atoms with E-state index < -0.39 is 5.97 Å². The van der Waals surface area contributed by atoms with Gasteiger partial charge in [-0.3, -0.25) is 5.10 Å². The Morgan fingerprint density at radius 1 is 1.59 bits per heavy atom. The molecular formula is C9H9N5O2S. The summed E-state index contributed by atoms with van der Waals surface area (Å²) < 4.78 is 0. The number of carboxylic acid groups (broad SMARTS) is 1. The normalized spacial score (nSPS) is 10.4. The van der Waals surface area contributed by atoms with Crippen LogP contribution in [0.15, 0.2) is 22.4 Å². The van der Waals surface area contributed by atoms with Gasteiger partial charge < -0.3 is 10.8 Å². The highest BCUT2D eigenvalue weighted by Crippen LogP contribution is 2.26. The molecule has 0 atom stereocenters. The van der Waals surface area contributed by atoms with E-state index in [-0.39, 0.29) is 5.56 Å². The van der Waals surface area contributed by atoms with Crippen molar-refractivity contribution in [3.63, 3.8) is 0 Å². The van der Waals surface area contributed by atoms with E-state index in [1.807, 2.05) is 0 Å². The third-order valence-corrected chi connectivity index (χ3v) is 2.75. The molecule has 2 heterocycles. The summed E-state index contributed by atoms with van der Waals surface area (Å²) in [6.45, 7) is 1.76. The van der Waals surface area contributed by atoms with Crippen LogP contribution in [0, 0.1) is 6.92 Å². The lowest BCUT2D eigenvalue weighted by atomic mass is 10.3. The number of nitrogen functional groups attached to an aromatic ring is 1. The number of aromatic nitrogens is 4. The zero-order chi connectivity index (χ0) is 12.4. The monoisotopic (exact) mass is 251 g/mol. The molecule has 4 N–H and O–H groups in total. The Hall–Kier alpha value is -2.09. The predicted molar refractivity (Wildman–Crippen MR) is 60.9 cm³/mol. The van der Waals surface area contributed by atoms with E-state index in [1.54, 1.807) is 6.92 Å². The average Bonchev–Trinajstić information content (AvgIpc) is 2.66. The number of aromatic amines is 1. The van der Waals surface area contributed by atoms with Crippen molar-refractivity contribution < 1.29 is 9.90 Å². The fourth-order valence-corrected chi connectivity index (χ4v) is 1.97. The number of anilines is 1. The van der Waals surface area contributed by atoms with Crippen molar-refractivity contribution in [1.82, 2.24) is 20.2 Å². The van der Waals surface area contributed by atoms with Crippen LogP contribution < -0.4 is 5.73 Å². The summed E-state index contributed by atoms with van der Waals surface area (Å²) in [4.78, 5) is 19.0. The van der Waals surface area contributed by atoms with E-state index in [0.29, 0.717) is 21.7 Å². The number of H-pyrrole nitrogens is 1. The molecule has 2 rings (SSSR count). The minimum atomic E-state index is -1.08. The van der Waals surface area contributed by atoms with E-state index >= 15 is 0 Å². The standard InChI is InChI=1S/C9H9N5O2S/c1-4-12-9(14-13-4)17-7-6(8(15)16)2-5(10)3-11-7/h2-3H,10H2,1H3,(H,15,16)(H,12,13,14). The van der Waals surface area contributed by atoms with Crippen molar-refractivity contribution in [3.05, 3.63) is 23.7 Å². The number of rotatable bonds is 3. The third kappa shape index (κ3) is 2.53. The average molecular weight is 251 g/mol. The predicted octanol–water partition coefficient (Wildman–Crippen LogP) is 0.940. The van der Waals surface area contributed by atoms with Crippen molar-refractivity contribution >= 4 is 23.4 Å². The van der Waals surface area contributed by atoms with Crippen LogP contribution in [-0.4, -0.2) is 31.2 Å². The Bertz CT molecular complexity index is 568. The molecule has 88 valence electrons. The van der Waals surface area contributed by atoms with Crippen molar-refractivity contribution in [2.24, 2.45) is 0 Å². The smallest absolute Gasteiger partial charge is 0.338 e. The molecule has 0 saturated heterocycles. The molecule has 0 fully saturated rings. The van der Waals surface area contributed by atoms with Crippen LogP contribution in [-0.2, 0) is 0 Å². The number of hydrogen-bond acceptors (Lipinski definition) is 6. The summed E-state index contributed by atoms with van der Waals surface area (Å²) in [6, 6.07) is 1.36. The minimum Gasteiger partial charge on any atom is -0.478 e. The second-order valence-electron chi connectivity index (χ2n) is 3.23. The van der Waals surface area contributed by atoms with Gasteiger partial charge in [-0.25, -0.2) is 14.8 Å². The molecule has 0 saturated carbocycles. The molecule has 0 amide bonds. The minimum absolute atomic E-state index is 0.0393. The van der Waals surface area contributed by atoms with Crippen LogP contribution in [0.3, 0.4) is 0 Å². The van der Waals surface area contributed by atoms with E-state index in [1.165, 1.54) is 12.3 Å². The molecule has 2 aromatic heterocycles. The van der Waals surface area contributed by atoms with Gasteiger partial charge in [-0.2, -0.15) is 0 Å². The number of nitrogens with two attached hydrogens (primary N) is 1. The molecule has 0 aliphatic heterocycles. The number of carboxylic acids is 1. The molecule has 0 aromatic carbocycles. The number of nitrogens with zero attached hydrogens (tertiary/aromatic N) is 3. The molecule has 0 spiro atoms. The van der Waals surface area contributed by atoms with Crippen LogP contribution in [0.2, 0.25) is 0 Å². The summed E-state index contributed by atoms with van der Waals surface area (Å²) >= 11 is 1.07. The molecule has 0 aliphatic rings. The van der Waals surface area contributed by atoms with Crippen molar-refractivity contribution in [2.45, 2.75) is 17.1 Å². The van der Waals surface area contributed by atoms with Gasteiger partial charge in [0.15, 0.2) is 0 Å². The summed E-state index contributed by atoms with van der Waals surface area (Å²) in [5.41, 5.74) is 5.83. The zero-order valence-electron chi connectivity index (χ0n) is 8.84. The van der Waals surface area contributed by atoms with Gasteiger partial charge >= 0.3 is 5.97 Å². The van der Waals surface area contributed by atoms with Gasteiger partial charge in [-0.05, 0) is 24.8 Å². The molecule has 8 heteroatoms. The molecule has 0 radical (unpaired) electrons. The van der Waals surface area contributed by atoms with E-state index in [2.05, 4.69) is 20.2 Å². The highest BCUT2D eigenvalue weighted by atomic mass is 32.2. The van der Waals surface area contributed by atoms with Crippen molar-refractivity contribution in [3.8, 4) is 0 Å². The van der Waals surface area contributed by atoms with Crippen LogP contribution in [0.1, 0.15) is 16.2 Å². The van der Waals surface area contributed by atoms with Gasteiger partial charge in [0.2, 0.25) is 5.16 Å². The zero-order valence-corrected chi connectivity index (χ0v) is 9.65. The van der Waals surface area contributed by atoms with Gasteiger partial charge in [-0.15, -0.1) is 5.10 Å². The highest BCUT2D eigenvalue weighted by molar-refractivity contribution is 7.99. The largest absolute Gasteiger partial charge is 0.478 e. The van der Waals surface area contributed by atoms with Crippen molar-refractivity contribution in [2.75, 3.05) is 5.73 Å². The fourth-order valence-electron chi connectivity index (χ4n) is 1.16. The second-order valence-corrected chi connectivity index (χ2v) is 4.19. The lowest BCUT2D eigenvalue weighted by Crippen LogP contribution is -2.02. The Kier molecular flexibility index (Phi) is 2.96. The third-order valence-electron chi connectivity index (χ3n) is 1.87. The van der Waals surface area contributed by atoms with E-state index in [4.69, 9.17) is 10.8 Å². The van der Waals surface area contributed by atoms with Crippen LogP contribution in [0.5, 0.6) is 0 Å². The lowest BCUT2D eigenvalue weighted by molar-refractivity contribution is 0.0692. The maximum atomic E-state index is 11.0. The molecule has 17 heavy (non-hydrogen) atoms. The van der Waals surface area contributed by atoms with Gasteiger partial charge in [0.1, 0.15) is 10.9 Å². The number of aryl methyl sites for hydroxylation is 1. The maximum absolute atomic E-state index is 11.0. The summed E-state index contributed by atoms with van der Waals surface area (Å²) in [5, 5.41) is 16.3. The summed E-state index contributed by atoms with van der Waals surface area (Å²) in [5.74, 6) is -0.431. The first-order valence-corrected chi connectivity index (χ1v) is 5.43. The van der Waals surface area contributed by atoms with E-state index in [0.717, 1.165) is 11.8 Å². The van der Waals surface area contributed by atoms with Gasteiger partial charge in [-0.1, -0.05) is 0 Å². The Morgan fingerprint density at radius 2 is 2.35 bits per heavy atom. The van der Waals surface area contributed by atoms with Gasteiger partial charge in [0.25, 0.3) is 0 Å². The SMILES string of the molecule is Cc1nc(Sc2ncc(N)cc2C(=O)O)n[nH]1. The van der Waals surface area contributed by atoms with E-state index in [9.17, 15) is 4.79 Å². The second kappa shape index (κ2) is 4.42. The Balaban J connectivity index is 2.35. The number of hydrogen-bond donors (Lipinski definition) is 3. The van der Waals surface area contributed by atoms with Crippen LogP contribution in [0.25, 0.3) is 0 Å². The van der Waals surface area contributed by atoms with Gasteiger partial charge in [0, 0.05) is 0 Å². The first kappa shape index (κ1) is 11.4. The topological polar surface area (TPSA) is 118 Å². The number of carbonyl (C=O) groups is 1. The van der Waals surface area contributed by atoms with Crippen LogP contribution >= 0.6 is 11.8 Å². The first-order valence-electron chi connectivity index (χ1n) is 4.62. The van der Waals surface area contributed by atoms with Gasteiger partial charge in [0.05, 0.1) is 17.4 Å².